The number of rotatable bonds is 4. The van der Waals surface area contributed by atoms with E-state index in [-0.39, 0.29) is 18.2 Å². The largest absolute Gasteiger partial charge is 0.496 e. The molecule has 1 aliphatic rings. The van der Waals surface area contributed by atoms with Gasteiger partial charge in [0.05, 0.1) is 19.2 Å². The zero-order valence-electron chi connectivity index (χ0n) is 13.0. The van der Waals surface area contributed by atoms with Crippen LogP contribution in [0, 0.1) is 12.8 Å². The van der Waals surface area contributed by atoms with E-state index in [1.807, 2.05) is 19.1 Å². The summed E-state index contributed by atoms with van der Waals surface area (Å²) in [5, 5.41) is 0. The molecule has 1 fully saturated rings. The lowest BCUT2D eigenvalue weighted by atomic mass is 10.0. The Morgan fingerprint density at radius 1 is 1.38 bits per heavy atom. The third-order valence-corrected chi connectivity index (χ3v) is 4.09. The molecular formula is C17H23NO3. The van der Waals surface area contributed by atoms with Gasteiger partial charge in [0.2, 0.25) is 5.91 Å². The van der Waals surface area contributed by atoms with Crippen molar-refractivity contribution in [1.29, 1.82) is 0 Å². The van der Waals surface area contributed by atoms with E-state index < -0.39 is 0 Å². The molecule has 1 heterocycles. The first-order valence-electron chi connectivity index (χ1n) is 7.47. The molecule has 21 heavy (non-hydrogen) atoms. The fourth-order valence-electron chi connectivity index (χ4n) is 2.63. The van der Waals surface area contributed by atoms with Crippen LogP contribution in [0.1, 0.15) is 42.1 Å². The number of ketones is 1. The van der Waals surface area contributed by atoms with Crippen molar-refractivity contribution in [2.75, 3.05) is 20.2 Å². The zero-order valence-corrected chi connectivity index (χ0v) is 13.0. The number of ether oxygens (including phenoxy) is 1. The summed E-state index contributed by atoms with van der Waals surface area (Å²) in [6.07, 6.45) is 2.42. The van der Waals surface area contributed by atoms with Crippen molar-refractivity contribution < 1.29 is 14.3 Å². The molecule has 4 heteroatoms. The van der Waals surface area contributed by atoms with Crippen LogP contribution in [-0.4, -0.2) is 36.8 Å². The molecule has 0 aliphatic carbocycles. The number of benzene rings is 1. The van der Waals surface area contributed by atoms with Crippen molar-refractivity contribution in [3.8, 4) is 5.75 Å². The zero-order chi connectivity index (χ0) is 15.4. The smallest absolute Gasteiger partial charge is 0.222 e. The first-order chi connectivity index (χ1) is 10.0. The fourth-order valence-corrected chi connectivity index (χ4v) is 2.63. The molecule has 1 aliphatic heterocycles. The maximum atomic E-state index is 12.5. The SMILES string of the molecule is COc1cc(C)ccc1C(=O)CN1CCC(C)CCC1=O. The summed E-state index contributed by atoms with van der Waals surface area (Å²) in [4.78, 5) is 26.2. The predicted molar refractivity (Wildman–Crippen MR) is 81.7 cm³/mol. The Hall–Kier alpha value is -1.84. The Kier molecular flexibility index (Phi) is 4.99. The van der Waals surface area contributed by atoms with Crippen LogP contribution in [0.15, 0.2) is 18.2 Å². The van der Waals surface area contributed by atoms with Crippen LogP contribution < -0.4 is 4.74 Å². The van der Waals surface area contributed by atoms with Crippen molar-refractivity contribution in [3.05, 3.63) is 29.3 Å². The second kappa shape index (κ2) is 6.74. The van der Waals surface area contributed by atoms with Crippen LogP contribution in [0.3, 0.4) is 0 Å². The Labute approximate surface area is 126 Å². The molecular weight excluding hydrogens is 266 g/mol. The minimum Gasteiger partial charge on any atom is -0.496 e. The lowest BCUT2D eigenvalue weighted by Gasteiger charge is -2.20. The summed E-state index contributed by atoms with van der Waals surface area (Å²) in [6, 6.07) is 5.52. The van der Waals surface area contributed by atoms with E-state index in [1.165, 1.54) is 0 Å². The molecule has 0 aromatic heterocycles. The molecule has 1 atom stereocenters. The lowest BCUT2D eigenvalue weighted by molar-refractivity contribution is -0.130. The van der Waals surface area contributed by atoms with Gasteiger partial charge in [-0.05, 0) is 43.4 Å². The molecule has 1 unspecified atom stereocenters. The molecule has 0 radical (unpaired) electrons. The Balaban J connectivity index is 2.12. The highest BCUT2D eigenvalue weighted by Gasteiger charge is 2.23. The van der Waals surface area contributed by atoms with E-state index in [0.29, 0.717) is 30.2 Å². The highest BCUT2D eigenvalue weighted by Crippen LogP contribution is 2.22. The molecule has 114 valence electrons. The monoisotopic (exact) mass is 289 g/mol. The van der Waals surface area contributed by atoms with Gasteiger partial charge in [-0.25, -0.2) is 0 Å². The highest BCUT2D eigenvalue weighted by atomic mass is 16.5. The van der Waals surface area contributed by atoms with Gasteiger partial charge < -0.3 is 9.64 Å². The van der Waals surface area contributed by atoms with Crippen LogP contribution in [0.2, 0.25) is 0 Å². The molecule has 1 amide bonds. The standard InChI is InChI=1S/C17H23NO3/c1-12-5-7-17(20)18(9-8-12)11-15(19)14-6-4-13(2)10-16(14)21-3/h4,6,10,12H,5,7-9,11H2,1-3H3. The average Bonchev–Trinajstić information content (AvgIpc) is 2.62. The number of hydrogen-bond donors (Lipinski definition) is 0. The summed E-state index contributed by atoms with van der Waals surface area (Å²) in [5.74, 6) is 1.15. The quantitative estimate of drug-likeness (QED) is 0.801. The van der Waals surface area contributed by atoms with Crippen LogP contribution in [0.4, 0.5) is 0 Å². The highest BCUT2D eigenvalue weighted by molar-refractivity contribution is 6.01. The summed E-state index contributed by atoms with van der Waals surface area (Å²) in [7, 11) is 1.56. The molecule has 0 spiro atoms. The van der Waals surface area contributed by atoms with Crippen LogP contribution in [-0.2, 0) is 4.79 Å². The van der Waals surface area contributed by atoms with Crippen molar-refractivity contribution in [1.82, 2.24) is 4.90 Å². The minimum atomic E-state index is -0.0604. The third-order valence-electron chi connectivity index (χ3n) is 4.09. The van der Waals surface area contributed by atoms with Crippen LogP contribution >= 0.6 is 0 Å². The maximum Gasteiger partial charge on any atom is 0.222 e. The van der Waals surface area contributed by atoms with Gasteiger partial charge in [-0.2, -0.15) is 0 Å². The number of aryl methyl sites for hydroxylation is 1. The number of amides is 1. The Bertz CT molecular complexity index is 539. The molecule has 1 aromatic rings. The first-order valence-corrected chi connectivity index (χ1v) is 7.47. The molecule has 2 rings (SSSR count). The van der Waals surface area contributed by atoms with E-state index in [4.69, 9.17) is 4.74 Å². The predicted octanol–water partition coefficient (Wildman–Crippen LogP) is 2.83. The van der Waals surface area contributed by atoms with Gasteiger partial charge in [0.1, 0.15) is 5.75 Å². The first kappa shape index (κ1) is 15.5. The number of Topliss-reactive ketones (excluding diaryl/α,β-unsaturated/α-hetero) is 1. The van der Waals surface area contributed by atoms with E-state index in [2.05, 4.69) is 6.92 Å². The van der Waals surface area contributed by atoms with E-state index >= 15 is 0 Å². The number of carbonyl (C=O) groups excluding carboxylic acids is 2. The summed E-state index contributed by atoms with van der Waals surface area (Å²) in [5.41, 5.74) is 1.59. The topological polar surface area (TPSA) is 46.6 Å². The van der Waals surface area contributed by atoms with E-state index in [1.54, 1.807) is 18.1 Å². The molecule has 0 bridgehead atoms. The maximum absolute atomic E-state index is 12.5. The van der Waals surface area contributed by atoms with Crippen molar-refractivity contribution in [2.24, 2.45) is 5.92 Å². The van der Waals surface area contributed by atoms with Crippen molar-refractivity contribution in [2.45, 2.75) is 33.1 Å². The summed E-state index contributed by atoms with van der Waals surface area (Å²) >= 11 is 0. The number of hydrogen-bond acceptors (Lipinski definition) is 3. The average molecular weight is 289 g/mol. The molecule has 4 nitrogen and oxygen atoms in total. The van der Waals surface area contributed by atoms with Gasteiger partial charge in [0.15, 0.2) is 5.78 Å². The fraction of sp³-hybridized carbons (Fsp3) is 0.529. The number of carbonyl (C=O) groups is 2. The van der Waals surface area contributed by atoms with Gasteiger partial charge in [0.25, 0.3) is 0 Å². The van der Waals surface area contributed by atoms with Gasteiger partial charge in [0, 0.05) is 13.0 Å². The normalized spacial score (nSPS) is 19.3. The van der Waals surface area contributed by atoms with Crippen LogP contribution in [0.5, 0.6) is 5.75 Å². The van der Waals surface area contributed by atoms with Gasteiger partial charge in [-0.15, -0.1) is 0 Å². The van der Waals surface area contributed by atoms with Crippen molar-refractivity contribution >= 4 is 11.7 Å². The third kappa shape index (κ3) is 3.84. The number of likely N-dealkylation sites (tertiary alicyclic amines) is 1. The Morgan fingerprint density at radius 3 is 2.86 bits per heavy atom. The second-order valence-corrected chi connectivity index (χ2v) is 5.87. The Morgan fingerprint density at radius 2 is 2.14 bits per heavy atom. The molecule has 1 aromatic carbocycles. The van der Waals surface area contributed by atoms with E-state index in [0.717, 1.165) is 18.4 Å². The minimum absolute atomic E-state index is 0.0604. The van der Waals surface area contributed by atoms with Crippen molar-refractivity contribution in [3.63, 3.8) is 0 Å². The van der Waals surface area contributed by atoms with Gasteiger partial charge in [-0.1, -0.05) is 13.0 Å². The summed E-state index contributed by atoms with van der Waals surface area (Å²) < 4.78 is 5.28. The lowest BCUT2D eigenvalue weighted by Crippen LogP contribution is -2.35. The van der Waals surface area contributed by atoms with E-state index in [9.17, 15) is 9.59 Å². The molecule has 1 saturated heterocycles. The molecule has 0 saturated carbocycles. The number of methoxy groups -OCH3 is 1. The van der Waals surface area contributed by atoms with Gasteiger partial charge >= 0.3 is 0 Å². The number of nitrogens with zero attached hydrogens (tertiary/aromatic N) is 1. The second-order valence-electron chi connectivity index (χ2n) is 5.87. The van der Waals surface area contributed by atoms with Gasteiger partial charge in [-0.3, -0.25) is 9.59 Å². The van der Waals surface area contributed by atoms with Crippen LogP contribution in [0.25, 0.3) is 0 Å². The molecule has 0 N–H and O–H groups in total. The summed E-state index contributed by atoms with van der Waals surface area (Å²) in [6.45, 7) is 4.92.